The maximum absolute atomic E-state index is 11.1. The van der Waals surface area contributed by atoms with Crippen molar-refractivity contribution in [1.82, 2.24) is 0 Å². The number of carbonyl (C=O) groups excluding carboxylic acids is 1. The maximum Gasteiger partial charge on any atom is 0.160 e. The Kier molecular flexibility index (Phi) is 1.10. The lowest BCUT2D eigenvalue weighted by Gasteiger charge is -1.93. The van der Waals surface area contributed by atoms with Crippen LogP contribution in [0.1, 0.15) is 5.56 Å². The van der Waals surface area contributed by atoms with Gasteiger partial charge < -0.3 is 0 Å². The highest BCUT2D eigenvalue weighted by atomic mass is 16.1. The largest absolute Gasteiger partial charge is 0.294 e. The Balaban J connectivity index is 2.41. The Bertz CT molecular complexity index is 555. The molecule has 0 spiro atoms. The van der Waals surface area contributed by atoms with Crippen molar-refractivity contribution in [2.45, 2.75) is 6.42 Å². The normalized spacial score (nSPS) is 16.5. The fraction of sp³-hybridized carbons (Fsp3) is 0.100. The molecule has 2 aliphatic rings. The van der Waals surface area contributed by atoms with Gasteiger partial charge in [0.1, 0.15) is 0 Å². The molecule has 3 heteroatoms. The third-order valence-corrected chi connectivity index (χ3v) is 2.33. The molecular weight excluding hydrogens is 164 g/mol. The summed E-state index contributed by atoms with van der Waals surface area (Å²) in [5.74, 6) is 0.176. The average Bonchev–Trinajstić information content (AvgIpc) is 2.63. The molecule has 62 valence electrons. The van der Waals surface area contributed by atoms with Crippen LogP contribution >= 0.6 is 0 Å². The molecule has 1 aliphatic carbocycles. The summed E-state index contributed by atoms with van der Waals surface area (Å²) in [6, 6.07) is 3.91. The molecule has 0 saturated heterocycles. The summed E-state index contributed by atoms with van der Waals surface area (Å²) in [6.07, 6.45) is 3.91. The van der Waals surface area contributed by atoms with Crippen LogP contribution in [0.4, 0.5) is 5.69 Å². The van der Waals surface area contributed by atoms with Crippen molar-refractivity contribution in [2.24, 2.45) is 10.2 Å². The number of Topliss-reactive ketones (excluding diaryl/α,β-unsaturated/α-hetero) is 1. The van der Waals surface area contributed by atoms with Gasteiger partial charge in [0.2, 0.25) is 0 Å². The SMILES string of the molecule is O=C1C=c2cc3c(cc2C1)=CN=N3. The second kappa shape index (κ2) is 2.13. The number of rotatable bonds is 0. The van der Waals surface area contributed by atoms with Gasteiger partial charge in [-0.15, -0.1) is 0 Å². The summed E-state index contributed by atoms with van der Waals surface area (Å²) in [4.78, 5) is 11.1. The van der Waals surface area contributed by atoms with E-state index in [0.29, 0.717) is 6.42 Å². The Labute approximate surface area is 74.1 Å². The Hall–Kier alpha value is -1.77. The fourth-order valence-corrected chi connectivity index (χ4v) is 1.71. The number of benzene rings is 1. The number of ketones is 1. The van der Waals surface area contributed by atoms with Gasteiger partial charge in [-0.1, -0.05) is 0 Å². The van der Waals surface area contributed by atoms with E-state index in [2.05, 4.69) is 10.2 Å². The van der Waals surface area contributed by atoms with Gasteiger partial charge in [0.15, 0.2) is 5.78 Å². The van der Waals surface area contributed by atoms with Crippen molar-refractivity contribution in [3.63, 3.8) is 0 Å². The van der Waals surface area contributed by atoms with E-state index in [9.17, 15) is 4.79 Å². The predicted octanol–water partition coefficient (Wildman–Crippen LogP) is 0.428. The molecule has 0 bridgehead atoms. The Morgan fingerprint density at radius 2 is 2.15 bits per heavy atom. The standard InChI is InChI=1S/C10H6N2O/c13-9-2-6-1-8-5-11-12-10(8)4-7(6)3-9/h1,3-5H,2H2. The van der Waals surface area contributed by atoms with Crippen LogP contribution in [0.5, 0.6) is 0 Å². The third-order valence-electron chi connectivity index (χ3n) is 2.33. The zero-order valence-corrected chi connectivity index (χ0v) is 6.82. The minimum absolute atomic E-state index is 0.176. The third kappa shape index (κ3) is 0.869. The van der Waals surface area contributed by atoms with E-state index in [4.69, 9.17) is 0 Å². The Morgan fingerprint density at radius 3 is 3.08 bits per heavy atom. The molecule has 0 radical (unpaired) electrons. The summed E-state index contributed by atoms with van der Waals surface area (Å²) in [7, 11) is 0. The summed E-state index contributed by atoms with van der Waals surface area (Å²) in [5.41, 5.74) is 1.96. The van der Waals surface area contributed by atoms with Gasteiger partial charge in [-0.3, -0.25) is 4.79 Å². The van der Waals surface area contributed by atoms with E-state index < -0.39 is 0 Å². The van der Waals surface area contributed by atoms with Gasteiger partial charge in [0.25, 0.3) is 0 Å². The van der Waals surface area contributed by atoms with E-state index >= 15 is 0 Å². The van der Waals surface area contributed by atoms with Crippen LogP contribution in [-0.2, 0) is 11.2 Å². The number of fused-ring (bicyclic) bond motifs is 2. The summed E-state index contributed by atoms with van der Waals surface area (Å²) < 4.78 is 0. The lowest BCUT2D eigenvalue weighted by Crippen LogP contribution is -2.10. The highest BCUT2D eigenvalue weighted by molar-refractivity contribution is 6.09. The zero-order chi connectivity index (χ0) is 8.84. The Morgan fingerprint density at radius 1 is 1.23 bits per heavy atom. The minimum Gasteiger partial charge on any atom is -0.294 e. The number of nitrogens with zero attached hydrogens (tertiary/aromatic N) is 2. The van der Waals surface area contributed by atoms with Gasteiger partial charge in [0, 0.05) is 11.6 Å². The molecule has 13 heavy (non-hydrogen) atoms. The molecule has 1 aromatic carbocycles. The predicted molar refractivity (Wildman–Crippen MR) is 47.8 cm³/mol. The monoisotopic (exact) mass is 170 g/mol. The molecule has 0 saturated carbocycles. The number of hydrogen-bond donors (Lipinski definition) is 0. The van der Waals surface area contributed by atoms with Crippen molar-refractivity contribution in [3.8, 4) is 0 Å². The van der Waals surface area contributed by atoms with E-state index in [-0.39, 0.29) is 5.78 Å². The molecule has 0 amide bonds. The van der Waals surface area contributed by atoms with Gasteiger partial charge in [0.05, 0.1) is 11.9 Å². The van der Waals surface area contributed by atoms with Crippen LogP contribution in [0.15, 0.2) is 22.4 Å². The average molecular weight is 170 g/mol. The van der Waals surface area contributed by atoms with Crippen molar-refractivity contribution in [2.75, 3.05) is 0 Å². The minimum atomic E-state index is 0.176. The van der Waals surface area contributed by atoms with Crippen LogP contribution in [0.2, 0.25) is 0 Å². The van der Waals surface area contributed by atoms with E-state index in [1.165, 1.54) is 0 Å². The maximum atomic E-state index is 11.1. The topological polar surface area (TPSA) is 41.8 Å². The number of carbonyl (C=O) groups is 1. The molecule has 0 aromatic heterocycles. The fourth-order valence-electron chi connectivity index (χ4n) is 1.71. The molecule has 0 unspecified atom stereocenters. The van der Waals surface area contributed by atoms with Crippen molar-refractivity contribution in [1.29, 1.82) is 0 Å². The molecule has 1 heterocycles. The molecule has 1 aromatic rings. The van der Waals surface area contributed by atoms with Gasteiger partial charge in [-0.25, -0.2) is 0 Å². The quantitative estimate of drug-likeness (QED) is 0.556. The molecule has 3 rings (SSSR count). The van der Waals surface area contributed by atoms with Crippen LogP contribution < -0.4 is 10.4 Å². The van der Waals surface area contributed by atoms with Gasteiger partial charge in [-0.05, 0) is 29.0 Å². The molecule has 0 atom stereocenters. The van der Waals surface area contributed by atoms with Gasteiger partial charge >= 0.3 is 0 Å². The summed E-state index contributed by atoms with van der Waals surface area (Å²) in [5, 5.41) is 9.77. The second-order valence-electron chi connectivity index (χ2n) is 3.24. The lowest BCUT2D eigenvalue weighted by atomic mass is 10.1. The first-order chi connectivity index (χ1) is 6.33. The first-order valence-corrected chi connectivity index (χ1v) is 4.11. The zero-order valence-electron chi connectivity index (χ0n) is 6.82. The number of azo groups is 1. The van der Waals surface area contributed by atoms with Crippen molar-refractivity contribution >= 4 is 23.7 Å². The summed E-state index contributed by atoms with van der Waals surface area (Å²) >= 11 is 0. The van der Waals surface area contributed by atoms with Crippen molar-refractivity contribution in [3.05, 3.63) is 28.1 Å². The molecule has 0 N–H and O–H groups in total. The van der Waals surface area contributed by atoms with Gasteiger partial charge in [-0.2, -0.15) is 10.2 Å². The lowest BCUT2D eigenvalue weighted by molar-refractivity contribution is -0.112. The summed E-state index contributed by atoms with van der Waals surface area (Å²) in [6.45, 7) is 0. The van der Waals surface area contributed by atoms with Crippen LogP contribution in [-0.4, -0.2) is 5.78 Å². The highest BCUT2D eigenvalue weighted by Gasteiger charge is 2.12. The smallest absolute Gasteiger partial charge is 0.160 e. The van der Waals surface area contributed by atoms with Crippen LogP contribution in [0.25, 0.3) is 12.3 Å². The van der Waals surface area contributed by atoms with E-state index in [0.717, 1.165) is 21.7 Å². The first kappa shape index (κ1) is 6.71. The van der Waals surface area contributed by atoms with E-state index in [1.807, 2.05) is 12.1 Å². The van der Waals surface area contributed by atoms with Crippen LogP contribution in [0.3, 0.4) is 0 Å². The first-order valence-electron chi connectivity index (χ1n) is 4.11. The molecule has 1 aliphatic heterocycles. The van der Waals surface area contributed by atoms with E-state index in [1.54, 1.807) is 12.3 Å². The molecule has 0 fully saturated rings. The van der Waals surface area contributed by atoms with Crippen LogP contribution in [0, 0.1) is 0 Å². The molecule has 3 nitrogen and oxygen atoms in total. The number of hydrogen-bond acceptors (Lipinski definition) is 3. The van der Waals surface area contributed by atoms with Crippen molar-refractivity contribution < 1.29 is 4.79 Å². The molecular formula is C10H6N2O. The second-order valence-corrected chi connectivity index (χ2v) is 3.24. The highest BCUT2D eigenvalue weighted by Crippen LogP contribution is 2.11.